The molecule has 3 heteroatoms. The molecule has 2 aliphatic rings. The van der Waals surface area contributed by atoms with Gasteiger partial charge in [-0.05, 0) is 25.3 Å². The minimum absolute atomic E-state index is 0.242. The lowest BCUT2D eigenvalue weighted by molar-refractivity contribution is -0.130. The van der Waals surface area contributed by atoms with Crippen LogP contribution >= 0.6 is 0 Å². The van der Waals surface area contributed by atoms with Crippen LogP contribution in [0, 0.1) is 5.92 Å². The van der Waals surface area contributed by atoms with Crippen molar-refractivity contribution in [1.82, 2.24) is 10.2 Å². The second kappa shape index (κ2) is 5.35. The predicted molar refractivity (Wildman–Crippen MR) is 58.1 cm³/mol. The molecule has 0 saturated carbocycles. The van der Waals surface area contributed by atoms with Crippen molar-refractivity contribution in [3.63, 3.8) is 0 Å². The van der Waals surface area contributed by atoms with Crippen LogP contribution in [0.25, 0.3) is 0 Å². The highest BCUT2D eigenvalue weighted by Crippen LogP contribution is 2.28. The van der Waals surface area contributed by atoms with E-state index in [9.17, 15) is 4.79 Å². The van der Waals surface area contributed by atoms with Crippen LogP contribution in [-0.4, -0.2) is 36.5 Å². The number of hydrogen-bond acceptors (Lipinski definition) is 2. The molecule has 2 atom stereocenters. The number of likely N-dealkylation sites (tertiary alicyclic amines) is 1. The summed E-state index contributed by atoms with van der Waals surface area (Å²) in [5.41, 5.74) is 0. The molecule has 0 radical (unpaired) electrons. The minimum Gasteiger partial charge on any atom is -0.338 e. The van der Waals surface area contributed by atoms with E-state index < -0.39 is 0 Å². The molecule has 1 amide bonds. The summed E-state index contributed by atoms with van der Waals surface area (Å²) >= 11 is 0. The highest BCUT2D eigenvalue weighted by molar-refractivity contribution is 5.74. The number of nitrogens with zero attached hydrogens (tertiary/aromatic N) is 1. The Morgan fingerprint density at radius 1 is 1.36 bits per heavy atom. The Morgan fingerprint density at radius 2 is 2.07 bits per heavy atom. The zero-order chi connectivity index (χ0) is 10.6. The van der Waals surface area contributed by atoms with Gasteiger partial charge in [-0.25, -0.2) is 0 Å². The summed E-state index contributed by atoms with van der Waals surface area (Å²) in [4.78, 5) is 13.2. The van der Waals surface area contributed by atoms with Crippen molar-refractivity contribution in [3.8, 4) is 0 Å². The van der Waals surface area contributed by atoms with Crippen molar-refractivity contribution in [3.05, 3.63) is 0 Å². The van der Waals surface area contributed by atoms with Crippen molar-refractivity contribution in [2.24, 2.45) is 5.92 Å². The van der Waals surface area contributed by atoms with Gasteiger partial charge in [-0.1, -0.05) is 13.8 Å². The molecule has 0 bridgehead atoms. The average Bonchev–Trinajstić information content (AvgIpc) is 2.64. The summed E-state index contributed by atoms with van der Waals surface area (Å²) in [7, 11) is 0. The van der Waals surface area contributed by atoms with Crippen molar-refractivity contribution < 1.29 is 4.79 Å². The Labute approximate surface area is 86.9 Å². The van der Waals surface area contributed by atoms with Crippen LogP contribution < -0.4 is 5.32 Å². The number of carbonyl (C=O) groups is 1. The maximum absolute atomic E-state index is 11.2. The van der Waals surface area contributed by atoms with Crippen LogP contribution in [-0.2, 0) is 4.79 Å². The fourth-order valence-electron chi connectivity index (χ4n) is 2.46. The monoisotopic (exact) mass is 198 g/mol. The molecule has 3 nitrogen and oxygen atoms in total. The molecule has 2 saturated heterocycles. The molecule has 2 aliphatic heterocycles. The maximum Gasteiger partial charge on any atom is 0.219 e. The molecule has 0 aromatic carbocycles. The van der Waals surface area contributed by atoms with Crippen LogP contribution in [0.1, 0.15) is 33.6 Å². The number of piperidine rings is 1. The Morgan fingerprint density at radius 3 is 2.71 bits per heavy atom. The van der Waals surface area contributed by atoms with E-state index in [0.29, 0.717) is 6.04 Å². The molecule has 2 heterocycles. The Bertz CT molecular complexity index is 194. The molecule has 14 heavy (non-hydrogen) atoms. The molecule has 2 fully saturated rings. The summed E-state index contributed by atoms with van der Waals surface area (Å²) < 4.78 is 0. The summed E-state index contributed by atoms with van der Waals surface area (Å²) in [5.74, 6) is 1.02. The van der Waals surface area contributed by atoms with Crippen LogP contribution in [0.15, 0.2) is 0 Å². The minimum atomic E-state index is 0.242. The van der Waals surface area contributed by atoms with Crippen molar-refractivity contribution in [1.29, 1.82) is 0 Å². The number of hydrogen-bond donors (Lipinski definition) is 1. The van der Waals surface area contributed by atoms with Gasteiger partial charge in [0, 0.05) is 26.1 Å². The molecular formula is C11H22N2O. The van der Waals surface area contributed by atoms with Gasteiger partial charge in [-0.3, -0.25) is 4.79 Å². The van der Waals surface area contributed by atoms with Gasteiger partial charge >= 0.3 is 0 Å². The molecule has 2 unspecified atom stereocenters. The molecule has 82 valence electrons. The zero-order valence-corrected chi connectivity index (χ0v) is 9.55. The van der Waals surface area contributed by atoms with Crippen LogP contribution in [0.3, 0.4) is 0 Å². The van der Waals surface area contributed by atoms with Gasteiger partial charge in [0.2, 0.25) is 5.91 Å². The van der Waals surface area contributed by atoms with E-state index in [1.165, 1.54) is 12.8 Å². The Hall–Kier alpha value is -0.570. The average molecular weight is 198 g/mol. The Balaban J connectivity index is 0.000000461. The van der Waals surface area contributed by atoms with Crippen LogP contribution in [0.5, 0.6) is 0 Å². The van der Waals surface area contributed by atoms with Crippen molar-refractivity contribution in [2.75, 3.05) is 19.6 Å². The van der Waals surface area contributed by atoms with E-state index >= 15 is 0 Å². The second-order valence-corrected chi connectivity index (χ2v) is 3.82. The van der Waals surface area contributed by atoms with Gasteiger partial charge in [0.05, 0.1) is 0 Å². The first-order chi connectivity index (χ1) is 6.79. The predicted octanol–water partition coefficient (Wildman–Crippen LogP) is 1.24. The van der Waals surface area contributed by atoms with E-state index in [2.05, 4.69) is 5.32 Å². The van der Waals surface area contributed by atoms with E-state index in [1.807, 2.05) is 18.7 Å². The maximum atomic E-state index is 11.2. The molecular weight excluding hydrogens is 176 g/mol. The molecule has 0 aliphatic carbocycles. The third-order valence-corrected chi connectivity index (χ3v) is 3.14. The second-order valence-electron chi connectivity index (χ2n) is 3.82. The Kier molecular flexibility index (Phi) is 4.39. The quantitative estimate of drug-likeness (QED) is 0.635. The number of rotatable bonds is 0. The fourth-order valence-corrected chi connectivity index (χ4v) is 2.46. The van der Waals surface area contributed by atoms with Gasteiger partial charge in [-0.15, -0.1) is 0 Å². The highest BCUT2D eigenvalue weighted by atomic mass is 16.2. The molecule has 2 rings (SSSR count). The first kappa shape index (κ1) is 11.5. The lowest BCUT2D eigenvalue weighted by Gasteiger charge is -2.31. The zero-order valence-electron chi connectivity index (χ0n) is 9.55. The topological polar surface area (TPSA) is 32.3 Å². The number of fused-ring (bicyclic) bond motifs is 1. The molecule has 0 aromatic rings. The van der Waals surface area contributed by atoms with Crippen LogP contribution in [0.4, 0.5) is 0 Å². The van der Waals surface area contributed by atoms with Gasteiger partial charge < -0.3 is 10.2 Å². The van der Waals surface area contributed by atoms with Gasteiger partial charge in [0.1, 0.15) is 0 Å². The van der Waals surface area contributed by atoms with E-state index in [4.69, 9.17) is 0 Å². The molecule has 0 spiro atoms. The largest absolute Gasteiger partial charge is 0.338 e. The van der Waals surface area contributed by atoms with E-state index in [-0.39, 0.29) is 5.91 Å². The summed E-state index contributed by atoms with van der Waals surface area (Å²) in [6.45, 7) is 8.79. The third kappa shape index (κ3) is 2.27. The van der Waals surface area contributed by atoms with Crippen LogP contribution in [0.2, 0.25) is 0 Å². The first-order valence-electron chi connectivity index (χ1n) is 5.77. The van der Waals surface area contributed by atoms with Crippen molar-refractivity contribution >= 4 is 5.91 Å². The summed E-state index contributed by atoms with van der Waals surface area (Å²) in [6, 6.07) is 0.497. The number of amides is 1. The van der Waals surface area contributed by atoms with Gasteiger partial charge in [0.25, 0.3) is 0 Å². The van der Waals surface area contributed by atoms with E-state index in [0.717, 1.165) is 25.6 Å². The fraction of sp³-hybridized carbons (Fsp3) is 0.909. The summed E-state index contributed by atoms with van der Waals surface area (Å²) in [6.07, 6.45) is 2.46. The molecule has 1 N–H and O–H groups in total. The third-order valence-electron chi connectivity index (χ3n) is 3.14. The standard InChI is InChI=1S/C9H16N2O.C2H6/c1-7(12)11-5-3-8-2-4-10-6-9(8)11;1-2/h8-10H,2-6H2,1H3;1-2H3. The SMILES string of the molecule is CC.CC(=O)N1CCC2CCNCC21. The van der Waals surface area contributed by atoms with Gasteiger partial charge in [-0.2, -0.15) is 0 Å². The normalized spacial score (nSPS) is 30.4. The lowest BCUT2D eigenvalue weighted by Crippen LogP contribution is -2.47. The number of carbonyl (C=O) groups excluding carboxylic acids is 1. The lowest BCUT2D eigenvalue weighted by atomic mass is 9.93. The smallest absolute Gasteiger partial charge is 0.219 e. The molecule has 0 aromatic heterocycles. The van der Waals surface area contributed by atoms with Gasteiger partial charge in [0.15, 0.2) is 0 Å². The summed E-state index contributed by atoms with van der Waals surface area (Å²) in [5, 5.41) is 3.35. The first-order valence-corrected chi connectivity index (χ1v) is 5.77. The highest BCUT2D eigenvalue weighted by Gasteiger charge is 2.36. The van der Waals surface area contributed by atoms with E-state index in [1.54, 1.807) is 6.92 Å². The van der Waals surface area contributed by atoms with Crippen molar-refractivity contribution in [2.45, 2.75) is 39.7 Å². The number of nitrogens with one attached hydrogen (secondary N) is 1.